The first-order valence-electron chi connectivity index (χ1n) is 7.45. The van der Waals surface area contributed by atoms with Gasteiger partial charge in [-0.05, 0) is 27.0 Å². The molecule has 0 radical (unpaired) electrons. The maximum absolute atomic E-state index is 12.3. The van der Waals surface area contributed by atoms with Gasteiger partial charge in [-0.15, -0.1) is 0 Å². The van der Waals surface area contributed by atoms with Gasteiger partial charge in [0.05, 0.1) is 18.4 Å². The van der Waals surface area contributed by atoms with E-state index in [0.29, 0.717) is 24.5 Å². The highest BCUT2D eigenvalue weighted by Crippen LogP contribution is 2.09. The molecule has 0 aliphatic carbocycles. The SMILES string of the molecule is Cc1cc2nc(C(=O)NC[C@H]3CN(C)CCO3)cc(C)n2n1. The molecular weight excluding hydrogens is 282 g/mol. The van der Waals surface area contributed by atoms with Crippen molar-refractivity contribution in [2.75, 3.05) is 33.3 Å². The second-order valence-corrected chi connectivity index (χ2v) is 5.80. The van der Waals surface area contributed by atoms with Gasteiger partial charge in [-0.1, -0.05) is 0 Å². The van der Waals surface area contributed by atoms with Crippen molar-refractivity contribution in [3.63, 3.8) is 0 Å². The lowest BCUT2D eigenvalue weighted by molar-refractivity contribution is -0.0175. The van der Waals surface area contributed by atoms with Crippen molar-refractivity contribution in [2.45, 2.75) is 20.0 Å². The summed E-state index contributed by atoms with van der Waals surface area (Å²) < 4.78 is 7.38. The Morgan fingerprint density at radius 1 is 1.45 bits per heavy atom. The van der Waals surface area contributed by atoms with Crippen molar-refractivity contribution in [3.8, 4) is 0 Å². The van der Waals surface area contributed by atoms with E-state index in [0.717, 1.165) is 24.5 Å². The zero-order chi connectivity index (χ0) is 15.7. The van der Waals surface area contributed by atoms with Gasteiger partial charge in [0.25, 0.3) is 5.91 Å². The Hall–Kier alpha value is -1.99. The lowest BCUT2D eigenvalue weighted by Crippen LogP contribution is -2.46. The molecule has 2 aromatic rings. The highest BCUT2D eigenvalue weighted by atomic mass is 16.5. The highest BCUT2D eigenvalue weighted by molar-refractivity contribution is 5.92. The Labute approximate surface area is 129 Å². The normalized spacial score (nSPS) is 19.5. The summed E-state index contributed by atoms with van der Waals surface area (Å²) in [5, 5.41) is 7.24. The molecule has 1 aliphatic rings. The van der Waals surface area contributed by atoms with Gasteiger partial charge in [0, 0.05) is 31.4 Å². The number of likely N-dealkylation sites (N-methyl/N-ethyl adjacent to an activating group) is 1. The van der Waals surface area contributed by atoms with E-state index in [4.69, 9.17) is 4.74 Å². The van der Waals surface area contributed by atoms with Gasteiger partial charge in [0.1, 0.15) is 5.69 Å². The number of rotatable bonds is 3. The monoisotopic (exact) mass is 303 g/mol. The van der Waals surface area contributed by atoms with Crippen LogP contribution >= 0.6 is 0 Å². The van der Waals surface area contributed by atoms with E-state index >= 15 is 0 Å². The summed E-state index contributed by atoms with van der Waals surface area (Å²) in [6.07, 6.45) is 0.0322. The molecule has 3 rings (SSSR count). The fraction of sp³-hybridized carbons (Fsp3) is 0.533. The zero-order valence-electron chi connectivity index (χ0n) is 13.2. The number of hydrogen-bond acceptors (Lipinski definition) is 5. The summed E-state index contributed by atoms with van der Waals surface area (Å²) in [7, 11) is 2.05. The standard InChI is InChI=1S/C15H21N5O2/c1-10-6-14-17-13(7-11(2)20(14)18-10)15(21)16-8-12-9-19(3)4-5-22-12/h6-7,12H,4-5,8-9H2,1-3H3,(H,16,21)/t12-/m0/s1. The molecule has 0 saturated carbocycles. The predicted octanol–water partition coefficient (Wildman–Crippen LogP) is 0.407. The van der Waals surface area contributed by atoms with Crippen molar-refractivity contribution in [1.29, 1.82) is 0 Å². The van der Waals surface area contributed by atoms with Crippen LogP contribution in [-0.2, 0) is 4.74 Å². The van der Waals surface area contributed by atoms with Crippen LogP contribution in [0.2, 0.25) is 0 Å². The molecule has 7 heteroatoms. The molecule has 1 amide bonds. The van der Waals surface area contributed by atoms with Crippen molar-refractivity contribution < 1.29 is 9.53 Å². The van der Waals surface area contributed by atoms with Crippen molar-refractivity contribution in [3.05, 3.63) is 29.2 Å². The Morgan fingerprint density at radius 3 is 3.05 bits per heavy atom. The summed E-state index contributed by atoms with van der Waals surface area (Å²) in [4.78, 5) is 18.9. The quantitative estimate of drug-likeness (QED) is 0.889. The molecule has 7 nitrogen and oxygen atoms in total. The summed E-state index contributed by atoms with van der Waals surface area (Å²) >= 11 is 0. The van der Waals surface area contributed by atoms with E-state index in [-0.39, 0.29) is 12.0 Å². The number of amides is 1. The minimum Gasteiger partial charge on any atom is -0.374 e. The van der Waals surface area contributed by atoms with Crippen LogP contribution in [0.4, 0.5) is 0 Å². The Morgan fingerprint density at radius 2 is 2.27 bits per heavy atom. The third-order valence-corrected chi connectivity index (χ3v) is 3.79. The Balaban J connectivity index is 1.69. The molecular formula is C15H21N5O2. The number of aryl methyl sites for hydroxylation is 2. The molecule has 1 N–H and O–H groups in total. The Kier molecular flexibility index (Phi) is 4.08. The van der Waals surface area contributed by atoms with Crippen LogP contribution in [0, 0.1) is 13.8 Å². The fourth-order valence-electron chi connectivity index (χ4n) is 2.64. The van der Waals surface area contributed by atoms with E-state index in [1.807, 2.05) is 19.9 Å². The van der Waals surface area contributed by atoms with Crippen LogP contribution in [0.5, 0.6) is 0 Å². The number of nitrogens with one attached hydrogen (secondary N) is 1. The summed E-state index contributed by atoms with van der Waals surface area (Å²) in [6.45, 7) is 6.78. The summed E-state index contributed by atoms with van der Waals surface area (Å²) in [5.41, 5.74) is 2.87. The summed E-state index contributed by atoms with van der Waals surface area (Å²) in [5.74, 6) is -0.179. The van der Waals surface area contributed by atoms with Crippen LogP contribution in [0.25, 0.3) is 5.65 Å². The van der Waals surface area contributed by atoms with Crippen molar-refractivity contribution in [2.24, 2.45) is 0 Å². The molecule has 3 heterocycles. The first kappa shape index (κ1) is 14.9. The number of morpholine rings is 1. The smallest absolute Gasteiger partial charge is 0.270 e. The van der Waals surface area contributed by atoms with Crippen LogP contribution in [0.15, 0.2) is 12.1 Å². The van der Waals surface area contributed by atoms with E-state index in [2.05, 4.69) is 27.3 Å². The fourth-order valence-corrected chi connectivity index (χ4v) is 2.64. The molecule has 0 aromatic carbocycles. The number of hydrogen-bond donors (Lipinski definition) is 1. The molecule has 1 atom stereocenters. The minimum atomic E-state index is -0.179. The van der Waals surface area contributed by atoms with E-state index in [1.54, 1.807) is 10.6 Å². The number of aromatic nitrogens is 3. The van der Waals surface area contributed by atoms with Gasteiger partial charge in [0.15, 0.2) is 5.65 Å². The van der Waals surface area contributed by atoms with Gasteiger partial charge in [-0.25, -0.2) is 9.50 Å². The maximum atomic E-state index is 12.3. The van der Waals surface area contributed by atoms with E-state index in [1.165, 1.54) is 0 Å². The number of fused-ring (bicyclic) bond motifs is 1. The van der Waals surface area contributed by atoms with Gasteiger partial charge in [0.2, 0.25) is 0 Å². The van der Waals surface area contributed by atoms with Crippen LogP contribution < -0.4 is 5.32 Å². The third-order valence-electron chi connectivity index (χ3n) is 3.79. The molecule has 0 unspecified atom stereocenters. The zero-order valence-corrected chi connectivity index (χ0v) is 13.2. The van der Waals surface area contributed by atoms with Gasteiger partial charge in [-0.3, -0.25) is 4.79 Å². The second kappa shape index (κ2) is 6.02. The molecule has 2 aromatic heterocycles. The average molecular weight is 303 g/mol. The molecule has 22 heavy (non-hydrogen) atoms. The largest absolute Gasteiger partial charge is 0.374 e. The number of nitrogens with zero attached hydrogens (tertiary/aromatic N) is 4. The minimum absolute atomic E-state index is 0.0322. The molecule has 0 spiro atoms. The van der Waals surface area contributed by atoms with Gasteiger partial charge in [-0.2, -0.15) is 5.10 Å². The van der Waals surface area contributed by atoms with Gasteiger partial charge >= 0.3 is 0 Å². The molecule has 1 aliphatic heterocycles. The number of carbonyl (C=O) groups is 1. The second-order valence-electron chi connectivity index (χ2n) is 5.80. The molecule has 1 saturated heterocycles. The first-order valence-corrected chi connectivity index (χ1v) is 7.45. The predicted molar refractivity (Wildman–Crippen MR) is 82.0 cm³/mol. The van der Waals surface area contributed by atoms with Gasteiger partial charge < -0.3 is 15.0 Å². The van der Waals surface area contributed by atoms with Crippen LogP contribution in [0.1, 0.15) is 21.9 Å². The first-order chi connectivity index (χ1) is 10.5. The third kappa shape index (κ3) is 3.10. The molecule has 118 valence electrons. The van der Waals surface area contributed by atoms with Crippen LogP contribution in [-0.4, -0.2) is 64.8 Å². The van der Waals surface area contributed by atoms with Crippen molar-refractivity contribution in [1.82, 2.24) is 24.8 Å². The van der Waals surface area contributed by atoms with E-state index in [9.17, 15) is 4.79 Å². The topological polar surface area (TPSA) is 71.8 Å². The average Bonchev–Trinajstić information content (AvgIpc) is 2.86. The maximum Gasteiger partial charge on any atom is 0.270 e. The Bertz CT molecular complexity index is 697. The van der Waals surface area contributed by atoms with Crippen LogP contribution in [0.3, 0.4) is 0 Å². The molecule has 0 bridgehead atoms. The highest BCUT2D eigenvalue weighted by Gasteiger charge is 2.19. The number of carbonyl (C=O) groups excluding carboxylic acids is 1. The van der Waals surface area contributed by atoms with E-state index < -0.39 is 0 Å². The van der Waals surface area contributed by atoms with Crippen molar-refractivity contribution >= 4 is 11.6 Å². The number of ether oxygens (including phenoxy) is 1. The summed E-state index contributed by atoms with van der Waals surface area (Å²) in [6, 6.07) is 3.62. The lowest BCUT2D eigenvalue weighted by Gasteiger charge is -2.30. The molecule has 1 fully saturated rings. The lowest BCUT2D eigenvalue weighted by atomic mass is 10.2.